The maximum Gasteiger partial charge on any atom is 0.257 e. The number of carbonyl (C=O) groups is 2. The fourth-order valence-corrected chi connectivity index (χ4v) is 3.32. The Hall–Kier alpha value is -1.78. The van der Waals surface area contributed by atoms with Crippen molar-refractivity contribution in [3.8, 4) is 0 Å². The number of hydrogen-bond acceptors (Lipinski definition) is 3. The van der Waals surface area contributed by atoms with E-state index in [1.54, 1.807) is 19.3 Å². The van der Waals surface area contributed by atoms with Crippen LogP contribution in [0.3, 0.4) is 0 Å². The van der Waals surface area contributed by atoms with Gasteiger partial charge in [0.1, 0.15) is 5.76 Å². The van der Waals surface area contributed by atoms with Gasteiger partial charge in [0.25, 0.3) is 5.91 Å². The second kappa shape index (κ2) is 4.96. The van der Waals surface area contributed by atoms with Crippen LogP contribution in [0.15, 0.2) is 16.7 Å². The van der Waals surface area contributed by atoms with Gasteiger partial charge in [0.15, 0.2) is 0 Å². The summed E-state index contributed by atoms with van der Waals surface area (Å²) >= 11 is 0. The number of nitrogens with zero attached hydrogens (tertiary/aromatic N) is 1. The van der Waals surface area contributed by atoms with Crippen LogP contribution in [0.4, 0.5) is 0 Å². The highest BCUT2D eigenvalue weighted by Gasteiger charge is 2.43. The summed E-state index contributed by atoms with van der Waals surface area (Å²) in [6, 6.07) is 1.72. The lowest BCUT2D eigenvalue weighted by molar-refractivity contribution is -0.136. The molecule has 1 aromatic rings. The molecule has 5 heteroatoms. The SMILES string of the molecule is Cc1occc1C(=O)N1CCC2(CCCNC2=O)CC1. The molecule has 5 nitrogen and oxygen atoms in total. The van der Waals surface area contributed by atoms with E-state index in [0.29, 0.717) is 24.4 Å². The first-order chi connectivity index (χ1) is 9.62. The maximum absolute atomic E-state index is 12.4. The fourth-order valence-electron chi connectivity index (χ4n) is 3.32. The molecule has 1 aromatic heterocycles. The van der Waals surface area contributed by atoms with E-state index >= 15 is 0 Å². The van der Waals surface area contributed by atoms with E-state index in [9.17, 15) is 9.59 Å². The molecular weight excluding hydrogens is 256 g/mol. The number of hydrogen-bond donors (Lipinski definition) is 1. The van der Waals surface area contributed by atoms with Crippen LogP contribution in [0.1, 0.15) is 41.8 Å². The summed E-state index contributed by atoms with van der Waals surface area (Å²) in [5, 5.41) is 2.97. The first-order valence-corrected chi connectivity index (χ1v) is 7.24. The van der Waals surface area contributed by atoms with Gasteiger partial charge < -0.3 is 14.6 Å². The summed E-state index contributed by atoms with van der Waals surface area (Å²) in [6.45, 7) is 3.89. The Kier molecular flexibility index (Phi) is 3.28. The average Bonchev–Trinajstić information content (AvgIpc) is 2.89. The summed E-state index contributed by atoms with van der Waals surface area (Å²) in [4.78, 5) is 26.3. The second-order valence-electron chi connectivity index (χ2n) is 5.82. The first kappa shape index (κ1) is 13.2. The summed E-state index contributed by atoms with van der Waals surface area (Å²) in [7, 11) is 0. The van der Waals surface area contributed by atoms with Crippen molar-refractivity contribution in [2.75, 3.05) is 19.6 Å². The van der Waals surface area contributed by atoms with Gasteiger partial charge in [-0.2, -0.15) is 0 Å². The van der Waals surface area contributed by atoms with Gasteiger partial charge in [-0.15, -0.1) is 0 Å². The molecule has 0 aromatic carbocycles. The van der Waals surface area contributed by atoms with Crippen LogP contribution in [-0.4, -0.2) is 36.3 Å². The zero-order valence-electron chi connectivity index (χ0n) is 11.8. The molecule has 2 aliphatic heterocycles. The molecule has 2 saturated heterocycles. The van der Waals surface area contributed by atoms with Crippen LogP contribution < -0.4 is 5.32 Å². The standard InChI is InChI=1S/C15H20N2O3/c1-11-12(3-10-20-11)13(18)17-8-5-15(6-9-17)4-2-7-16-14(15)19/h3,10H,2,4-9H2,1H3,(H,16,19). The number of amides is 2. The Balaban J connectivity index is 1.68. The lowest BCUT2D eigenvalue weighted by Crippen LogP contribution is -2.52. The summed E-state index contributed by atoms with van der Waals surface area (Å²) < 4.78 is 5.19. The molecule has 1 N–H and O–H groups in total. The number of piperidine rings is 2. The zero-order valence-corrected chi connectivity index (χ0v) is 11.8. The lowest BCUT2D eigenvalue weighted by atomic mass is 9.72. The molecule has 0 bridgehead atoms. The molecule has 3 rings (SSSR count). The van der Waals surface area contributed by atoms with Crippen LogP contribution in [-0.2, 0) is 4.79 Å². The van der Waals surface area contributed by atoms with E-state index in [1.165, 1.54) is 0 Å². The predicted octanol–water partition coefficient (Wildman–Crippen LogP) is 1.72. The molecule has 2 aliphatic rings. The van der Waals surface area contributed by atoms with E-state index in [-0.39, 0.29) is 17.2 Å². The minimum Gasteiger partial charge on any atom is -0.469 e. The van der Waals surface area contributed by atoms with Crippen molar-refractivity contribution in [1.82, 2.24) is 10.2 Å². The Morgan fingerprint density at radius 2 is 2.10 bits per heavy atom. The topological polar surface area (TPSA) is 62.6 Å². The molecule has 108 valence electrons. The van der Waals surface area contributed by atoms with Gasteiger partial charge in [-0.05, 0) is 38.7 Å². The second-order valence-corrected chi connectivity index (χ2v) is 5.82. The Bertz CT molecular complexity index is 527. The van der Waals surface area contributed by atoms with Crippen LogP contribution in [0, 0.1) is 12.3 Å². The third-order valence-electron chi connectivity index (χ3n) is 4.70. The quantitative estimate of drug-likeness (QED) is 0.849. The van der Waals surface area contributed by atoms with Gasteiger partial charge in [-0.3, -0.25) is 9.59 Å². The Morgan fingerprint density at radius 1 is 1.35 bits per heavy atom. The molecule has 3 heterocycles. The minimum absolute atomic E-state index is 0.0160. The zero-order chi connectivity index (χ0) is 14.2. The van der Waals surface area contributed by atoms with Crippen molar-refractivity contribution in [2.45, 2.75) is 32.6 Å². The van der Waals surface area contributed by atoms with Crippen LogP contribution in [0.5, 0.6) is 0 Å². The van der Waals surface area contributed by atoms with Crippen LogP contribution >= 0.6 is 0 Å². The van der Waals surface area contributed by atoms with E-state index in [4.69, 9.17) is 4.42 Å². The van der Waals surface area contributed by atoms with Crippen molar-refractivity contribution < 1.29 is 14.0 Å². The number of furan rings is 1. The molecule has 1 spiro atoms. The fraction of sp³-hybridized carbons (Fsp3) is 0.600. The van der Waals surface area contributed by atoms with Crippen molar-refractivity contribution >= 4 is 11.8 Å². The van der Waals surface area contributed by atoms with Gasteiger partial charge in [0, 0.05) is 19.6 Å². The minimum atomic E-state index is -0.236. The molecule has 0 radical (unpaired) electrons. The third kappa shape index (κ3) is 2.11. The van der Waals surface area contributed by atoms with E-state index in [1.807, 2.05) is 4.90 Å². The number of likely N-dealkylation sites (tertiary alicyclic amines) is 1. The van der Waals surface area contributed by atoms with Crippen molar-refractivity contribution in [3.05, 3.63) is 23.7 Å². The smallest absolute Gasteiger partial charge is 0.257 e. The predicted molar refractivity (Wildman–Crippen MR) is 73.3 cm³/mol. The van der Waals surface area contributed by atoms with E-state index < -0.39 is 0 Å². The van der Waals surface area contributed by atoms with Gasteiger partial charge in [0.05, 0.1) is 17.2 Å². The van der Waals surface area contributed by atoms with Crippen molar-refractivity contribution in [3.63, 3.8) is 0 Å². The van der Waals surface area contributed by atoms with Gasteiger partial charge in [-0.25, -0.2) is 0 Å². The van der Waals surface area contributed by atoms with Crippen LogP contribution in [0.25, 0.3) is 0 Å². The molecular formula is C15H20N2O3. The van der Waals surface area contributed by atoms with Crippen molar-refractivity contribution in [2.24, 2.45) is 5.41 Å². The van der Waals surface area contributed by atoms with Gasteiger partial charge in [0.2, 0.25) is 5.91 Å². The monoisotopic (exact) mass is 276 g/mol. The number of nitrogens with one attached hydrogen (secondary N) is 1. The van der Waals surface area contributed by atoms with Crippen LogP contribution in [0.2, 0.25) is 0 Å². The van der Waals surface area contributed by atoms with Gasteiger partial charge in [-0.1, -0.05) is 0 Å². The van der Waals surface area contributed by atoms with E-state index in [2.05, 4.69) is 5.32 Å². The third-order valence-corrected chi connectivity index (χ3v) is 4.70. The molecule has 20 heavy (non-hydrogen) atoms. The number of rotatable bonds is 1. The first-order valence-electron chi connectivity index (χ1n) is 7.24. The number of aryl methyl sites for hydroxylation is 1. The molecule has 0 unspecified atom stereocenters. The molecule has 2 fully saturated rings. The highest BCUT2D eigenvalue weighted by atomic mass is 16.3. The molecule has 0 aliphatic carbocycles. The summed E-state index contributed by atoms with van der Waals surface area (Å²) in [6.07, 6.45) is 5.07. The molecule has 0 saturated carbocycles. The van der Waals surface area contributed by atoms with E-state index in [0.717, 1.165) is 32.2 Å². The largest absolute Gasteiger partial charge is 0.469 e. The highest BCUT2D eigenvalue weighted by molar-refractivity contribution is 5.95. The van der Waals surface area contributed by atoms with Gasteiger partial charge >= 0.3 is 0 Å². The Morgan fingerprint density at radius 3 is 2.70 bits per heavy atom. The molecule has 0 atom stereocenters. The summed E-state index contributed by atoms with van der Waals surface area (Å²) in [5.74, 6) is 0.850. The summed E-state index contributed by atoms with van der Waals surface area (Å²) in [5.41, 5.74) is 0.398. The average molecular weight is 276 g/mol. The maximum atomic E-state index is 12.4. The number of carbonyl (C=O) groups excluding carboxylic acids is 2. The highest BCUT2D eigenvalue weighted by Crippen LogP contribution is 2.38. The lowest BCUT2D eigenvalue weighted by Gasteiger charge is -2.42. The van der Waals surface area contributed by atoms with Crippen molar-refractivity contribution in [1.29, 1.82) is 0 Å². The normalized spacial score (nSPS) is 21.9. The Labute approximate surface area is 118 Å². The molecule has 2 amide bonds.